The Labute approximate surface area is 157 Å². The molecule has 1 saturated carbocycles. The van der Waals surface area contributed by atoms with Crippen LogP contribution < -0.4 is 20.9 Å². The standard InChI is InChI=1S/C20H23N3O4/c1-12-9-17(12)20(26)21-11-18(24)22-23-19(25)13(2)27-16-8-7-14-5-3-4-6-15(14)10-16/h3-8,10,12-13,17H,9,11H2,1-2H3,(H,21,26)(H,22,24)(H,23,25). The van der Waals surface area contributed by atoms with Gasteiger partial charge in [-0.2, -0.15) is 0 Å². The molecule has 0 heterocycles. The Hall–Kier alpha value is -3.09. The van der Waals surface area contributed by atoms with E-state index in [4.69, 9.17) is 4.74 Å². The molecule has 0 radical (unpaired) electrons. The summed E-state index contributed by atoms with van der Waals surface area (Å²) in [6.45, 7) is 3.40. The maximum atomic E-state index is 12.1. The summed E-state index contributed by atoms with van der Waals surface area (Å²) in [6.07, 6.45) is 0.0572. The average molecular weight is 369 g/mol. The first-order chi connectivity index (χ1) is 12.9. The summed E-state index contributed by atoms with van der Waals surface area (Å²) in [5.41, 5.74) is 4.57. The smallest absolute Gasteiger partial charge is 0.279 e. The quantitative estimate of drug-likeness (QED) is 0.673. The van der Waals surface area contributed by atoms with Crippen LogP contribution in [0, 0.1) is 11.8 Å². The fraction of sp³-hybridized carbons (Fsp3) is 0.350. The van der Waals surface area contributed by atoms with Crippen LogP contribution in [0.3, 0.4) is 0 Å². The van der Waals surface area contributed by atoms with Crippen LogP contribution in [0.5, 0.6) is 5.75 Å². The Morgan fingerprint density at radius 2 is 1.81 bits per heavy atom. The molecule has 0 bridgehead atoms. The van der Waals surface area contributed by atoms with Crippen molar-refractivity contribution in [2.45, 2.75) is 26.4 Å². The van der Waals surface area contributed by atoms with E-state index in [1.54, 1.807) is 13.0 Å². The Morgan fingerprint density at radius 1 is 1.11 bits per heavy atom. The Bertz CT molecular complexity index is 867. The lowest BCUT2D eigenvalue weighted by molar-refractivity contribution is -0.133. The topological polar surface area (TPSA) is 96.5 Å². The van der Waals surface area contributed by atoms with Crippen LogP contribution in [-0.4, -0.2) is 30.4 Å². The van der Waals surface area contributed by atoms with E-state index in [1.807, 2.05) is 43.3 Å². The predicted octanol–water partition coefficient (Wildman–Crippen LogP) is 1.53. The second-order valence-corrected chi connectivity index (χ2v) is 6.84. The third-order valence-corrected chi connectivity index (χ3v) is 4.60. The molecule has 0 aliphatic heterocycles. The number of ether oxygens (including phenoxy) is 1. The first-order valence-electron chi connectivity index (χ1n) is 8.96. The minimum Gasteiger partial charge on any atom is -0.481 e. The molecule has 7 heteroatoms. The van der Waals surface area contributed by atoms with Crippen molar-refractivity contribution in [1.82, 2.24) is 16.2 Å². The van der Waals surface area contributed by atoms with E-state index < -0.39 is 17.9 Å². The van der Waals surface area contributed by atoms with E-state index in [0.29, 0.717) is 11.7 Å². The van der Waals surface area contributed by atoms with Crippen LogP contribution in [0.25, 0.3) is 10.8 Å². The highest BCUT2D eigenvalue weighted by Gasteiger charge is 2.38. The summed E-state index contributed by atoms with van der Waals surface area (Å²) in [7, 11) is 0. The van der Waals surface area contributed by atoms with Gasteiger partial charge in [-0.3, -0.25) is 25.2 Å². The highest BCUT2D eigenvalue weighted by Crippen LogP contribution is 2.37. The number of amides is 3. The minimum atomic E-state index is -0.798. The molecule has 0 aromatic heterocycles. The van der Waals surface area contributed by atoms with E-state index in [9.17, 15) is 14.4 Å². The van der Waals surface area contributed by atoms with Crippen LogP contribution >= 0.6 is 0 Å². The third kappa shape index (κ3) is 4.97. The van der Waals surface area contributed by atoms with Crippen molar-refractivity contribution >= 4 is 28.5 Å². The molecule has 3 atom stereocenters. The molecular weight excluding hydrogens is 346 g/mol. The first-order valence-corrected chi connectivity index (χ1v) is 8.96. The Balaban J connectivity index is 1.42. The van der Waals surface area contributed by atoms with Crippen LogP contribution in [0.2, 0.25) is 0 Å². The molecule has 2 aromatic carbocycles. The maximum absolute atomic E-state index is 12.1. The highest BCUT2D eigenvalue weighted by molar-refractivity contribution is 5.89. The van der Waals surface area contributed by atoms with Gasteiger partial charge in [-0.1, -0.05) is 37.3 Å². The van der Waals surface area contributed by atoms with Crippen LogP contribution in [0.4, 0.5) is 0 Å². The van der Waals surface area contributed by atoms with Gasteiger partial charge in [0.25, 0.3) is 11.8 Å². The van der Waals surface area contributed by atoms with E-state index in [0.717, 1.165) is 17.2 Å². The molecule has 3 N–H and O–H groups in total. The SMILES string of the molecule is CC(Oc1ccc2ccccc2c1)C(=O)NNC(=O)CNC(=O)C1CC1C. The fourth-order valence-corrected chi connectivity index (χ4v) is 2.76. The van der Waals surface area contributed by atoms with Gasteiger partial charge in [-0.05, 0) is 42.2 Å². The zero-order chi connectivity index (χ0) is 19.4. The van der Waals surface area contributed by atoms with Gasteiger partial charge in [0.05, 0.1) is 6.54 Å². The summed E-state index contributed by atoms with van der Waals surface area (Å²) < 4.78 is 5.63. The summed E-state index contributed by atoms with van der Waals surface area (Å²) in [5, 5.41) is 4.64. The highest BCUT2D eigenvalue weighted by atomic mass is 16.5. The fourth-order valence-electron chi connectivity index (χ4n) is 2.76. The average Bonchev–Trinajstić information content (AvgIpc) is 3.40. The predicted molar refractivity (Wildman–Crippen MR) is 101 cm³/mol. The molecular formula is C20H23N3O4. The molecule has 0 saturated heterocycles. The van der Waals surface area contributed by atoms with Crippen LogP contribution in [0.15, 0.2) is 42.5 Å². The second-order valence-electron chi connectivity index (χ2n) is 6.84. The number of benzene rings is 2. The molecule has 27 heavy (non-hydrogen) atoms. The van der Waals surface area contributed by atoms with Gasteiger partial charge in [-0.25, -0.2) is 0 Å². The molecule has 0 spiro atoms. The minimum absolute atomic E-state index is 0.00256. The summed E-state index contributed by atoms with van der Waals surface area (Å²) in [6, 6.07) is 13.4. The van der Waals surface area contributed by atoms with Crippen LogP contribution in [-0.2, 0) is 14.4 Å². The Morgan fingerprint density at radius 3 is 2.52 bits per heavy atom. The van der Waals surface area contributed by atoms with Crippen molar-refractivity contribution < 1.29 is 19.1 Å². The lowest BCUT2D eigenvalue weighted by atomic mass is 10.1. The molecule has 1 aliphatic rings. The van der Waals surface area contributed by atoms with Gasteiger partial charge in [0.2, 0.25) is 5.91 Å². The van der Waals surface area contributed by atoms with Crippen molar-refractivity contribution in [2.24, 2.45) is 11.8 Å². The number of carbonyl (C=O) groups is 3. The van der Waals surface area contributed by atoms with E-state index in [-0.39, 0.29) is 18.4 Å². The van der Waals surface area contributed by atoms with E-state index >= 15 is 0 Å². The maximum Gasteiger partial charge on any atom is 0.279 e. The molecule has 3 rings (SSSR count). The third-order valence-electron chi connectivity index (χ3n) is 4.60. The van der Waals surface area contributed by atoms with Gasteiger partial charge in [-0.15, -0.1) is 0 Å². The van der Waals surface area contributed by atoms with Gasteiger partial charge in [0.1, 0.15) is 5.75 Å². The number of hydrazine groups is 1. The number of rotatable bonds is 6. The lowest BCUT2D eigenvalue weighted by Gasteiger charge is -2.15. The number of nitrogens with one attached hydrogen (secondary N) is 3. The van der Waals surface area contributed by atoms with Gasteiger partial charge >= 0.3 is 0 Å². The Kier molecular flexibility index (Phi) is 5.59. The number of hydrogen-bond donors (Lipinski definition) is 3. The molecule has 1 fully saturated rings. The molecule has 3 amide bonds. The largest absolute Gasteiger partial charge is 0.481 e. The van der Waals surface area contributed by atoms with Gasteiger partial charge < -0.3 is 10.1 Å². The second kappa shape index (κ2) is 8.07. The van der Waals surface area contributed by atoms with Crippen LogP contribution in [0.1, 0.15) is 20.3 Å². The molecule has 3 unspecified atom stereocenters. The van der Waals surface area contributed by atoms with Gasteiger partial charge in [0, 0.05) is 5.92 Å². The molecule has 142 valence electrons. The van der Waals surface area contributed by atoms with E-state index in [1.165, 1.54) is 0 Å². The molecule has 7 nitrogen and oxygen atoms in total. The lowest BCUT2D eigenvalue weighted by Crippen LogP contribution is -2.50. The number of hydrogen-bond acceptors (Lipinski definition) is 4. The molecule has 1 aliphatic carbocycles. The zero-order valence-corrected chi connectivity index (χ0v) is 15.3. The molecule has 2 aromatic rings. The van der Waals surface area contributed by atoms with Crippen molar-refractivity contribution in [2.75, 3.05) is 6.54 Å². The van der Waals surface area contributed by atoms with Crippen molar-refractivity contribution in [3.63, 3.8) is 0 Å². The normalized spacial score (nSPS) is 19.0. The first kappa shape index (κ1) is 18.7. The monoisotopic (exact) mass is 369 g/mol. The zero-order valence-electron chi connectivity index (χ0n) is 15.3. The van der Waals surface area contributed by atoms with Crippen molar-refractivity contribution in [3.8, 4) is 5.75 Å². The summed E-state index contributed by atoms with van der Waals surface area (Å²) in [5.74, 6) is -0.171. The van der Waals surface area contributed by atoms with Crippen molar-refractivity contribution in [1.29, 1.82) is 0 Å². The van der Waals surface area contributed by atoms with Gasteiger partial charge in [0.15, 0.2) is 6.10 Å². The summed E-state index contributed by atoms with van der Waals surface area (Å²) >= 11 is 0. The van der Waals surface area contributed by atoms with Crippen molar-refractivity contribution in [3.05, 3.63) is 42.5 Å². The number of carbonyl (C=O) groups excluding carboxylic acids is 3. The summed E-state index contributed by atoms with van der Waals surface area (Å²) in [4.78, 5) is 35.5. The number of fused-ring (bicyclic) bond motifs is 1. The van der Waals surface area contributed by atoms with E-state index in [2.05, 4.69) is 16.2 Å².